The summed E-state index contributed by atoms with van der Waals surface area (Å²) in [6.45, 7) is 3.12. The molecule has 0 spiro atoms. The zero-order valence-corrected chi connectivity index (χ0v) is 15.5. The Bertz CT molecular complexity index is 1030. The number of benzene rings is 2. The van der Waals surface area contributed by atoms with E-state index < -0.39 is 0 Å². The van der Waals surface area contributed by atoms with Crippen molar-refractivity contribution >= 4 is 28.4 Å². The van der Waals surface area contributed by atoms with Gasteiger partial charge in [-0.05, 0) is 48.4 Å². The third-order valence-corrected chi connectivity index (χ3v) is 4.85. The van der Waals surface area contributed by atoms with E-state index in [0.717, 1.165) is 27.7 Å². The van der Waals surface area contributed by atoms with Crippen molar-refractivity contribution in [1.29, 1.82) is 0 Å². The molecule has 0 bridgehead atoms. The average Bonchev–Trinajstić information content (AvgIpc) is 2.95. The number of fused-ring (bicyclic) bond motifs is 2. The summed E-state index contributed by atoms with van der Waals surface area (Å²) in [6, 6.07) is 8.08. The van der Waals surface area contributed by atoms with Crippen LogP contribution in [-0.4, -0.2) is 24.1 Å². The van der Waals surface area contributed by atoms with Gasteiger partial charge in [-0.1, -0.05) is 11.6 Å². The maximum atomic E-state index is 13.6. The van der Waals surface area contributed by atoms with Crippen LogP contribution in [0.25, 0.3) is 10.9 Å². The molecular weight excluding hydrogens is 371 g/mol. The first-order chi connectivity index (χ1) is 13.0. The Morgan fingerprint density at radius 3 is 2.93 bits per heavy atom. The van der Waals surface area contributed by atoms with Gasteiger partial charge in [-0.15, -0.1) is 0 Å². The maximum absolute atomic E-state index is 13.6. The molecular formula is C20H18ClFN2O3. The SMILES string of the molecule is Cc1[nH]c2ccc(F)cc2c1CC(=O)NCc1cc(Cl)c2c(c1)OCCO2. The molecule has 2 N–H and O–H groups in total. The fourth-order valence-corrected chi connectivity index (χ4v) is 3.56. The smallest absolute Gasteiger partial charge is 0.224 e. The first kappa shape index (κ1) is 17.7. The van der Waals surface area contributed by atoms with Gasteiger partial charge in [0.25, 0.3) is 0 Å². The highest BCUT2D eigenvalue weighted by Crippen LogP contribution is 2.38. The fraction of sp³-hybridized carbons (Fsp3) is 0.250. The molecule has 1 aromatic heterocycles. The van der Waals surface area contributed by atoms with Gasteiger partial charge in [0.2, 0.25) is 5.91 Å². The van der Waals surface area contributed by atoms with Crippen LogP contribution < -0.4 is 14.8 Å². The van der Waals surface area contributed by atoms with E-state index in [1.165, 1.54) is 12.1 Å². The zero-order chi connectivity index (χ0) is 19.0. The molecule has 3 aromatic rings. The molecule has 0 atom stereocenters. The van der Waals surface area contributed by atoms with Crippen molar-refractivity contribution in [1.82, 2.24) is 10.3 Å². The predicted molar refractivity (Wildman–Crippen MR) is 101 cm³/mol. The summed E-state index contributed by atoms with van der Waals surface area (Å²) < 4.78 is 24.6. The van der Waals surface area contributed by atoms with Gasteiger partial charge >= 0.3 is 0 Å². The van der Waals surface area contributed by atoms with E-state index >= 15 is 0 Å². The van der Waals surface area contributed by atoms with E-state index in [2.05, 4.69) is 10.3 Å². The molecule has 7 heteroatoms. The molecule has 0 saturated heterocycles. The van der Waals surface area contributed by atoms with Crippen LogP contribution in [0.5, 0.6) is 11.5 Å². The van der Waals surface area contributed by atoms with E-state index in [9.17, 15) is 9.18 Å². The summed E-state index contributed by atoms with van der Waals surface area (Å²) in [4.78, 5) is 15.6. The van der Waals surface area contributed by atoms with Gasteiger partial charge < -0.3 is 19.8 Å². The van der Waals surface area contributed by atoms with Crippen LogP contribution in [0.3, 0.4) is 0 Å². The minimum Gasteiger partial charge on any atom is -0.486 e. The number of amides is 1. The number of nitrogens with one attached hydrogen (secondary N) is 2. The molecule has 1 amide bonds. The molecule has 27 heavy (non-hydrogen) atoms. The first-order valence-electron chi connectivity index (χ1n) is 8.62. The van der Waals surface area contributed by atoms with Gasteiger partial charge in [-0.2, -0.15) is 0 Å². The minimum absolute atomic E-state index is 0.158. The van der Waals surface area contributed by atoms with Crippen LogP contribution in [-0.2, 0) is 17.8 Å². The van der Waals surface area contributed by atoms with Crippen LogP contribution in [0.2, 0.25) is 5.02 Å². The molecule has 0 aliphatic carbocycles. The molecule has 4 rings (SSSR count). The van der Waals surface area contributed by atoms with Crippen molar-refractivity contribution in [2.45, 2.75) is 19.9 Å². The molecule has 0 saturated carbocycles. The first-order valence-corrected chi connectivity index (χ1v) is 9.00. The standard InChI is InChI=1S/C20H18ClFN2O3/c1-11-14(15-8-13(22)2-3-17(15)24-11)9-19(25)23-10-12-6-16(21)20-18(7-12)26-4-5-27-20/h2-3,6-8,24H,4-5,9-10H2,1H3,(H,23,25). The van der Waals surface area contributed by atoms with E-state index in [4.69, 9.17) is 21.1 Å². The third kappa shape index (κ3) is 3.57. The second kappa shape index (κ2) is 7.12. The molecule has 0 fully saturated rings. The number of H-pyrrole nitrogens is 1. The van der Waals surface area contributed by atoms with Crippen LogP contribution in [0.4, 0.5) is 4.39 Å². The second-order valence-corrected chi connectivity index (χ2v) is 6.88. The van der Waals surface area contributed by atoms with E-state index in [1.807, 2.05) is 13.0 Å². The topological polar surface area (TPSA) is 63.4 Å². The van der Waals surface area contributed by atoms with Gasteiger partial charge in [0, 0.05) is 23.1 Å². The Balaban J connectivity index is 1.47. The number of halogens is 2. The highest BCUT2D eigenvalue weighted by Gasteiger charge is 2.17. The molecule has 1 aliphatic heterocycles. The van der Waals surface area contributed by atoms with Gasteiger partial charge in [-0.3, -0.25) is 4.79 Å². The maximum Gasteiger partial charge on any atom is 0.224 e. The third-order valence-electron chi connectivity index (χ3n) is 4.57. The van der Waals surface area contributed by atoms with Gasteiger partial charge in [0.15, 0.2) is 11.5 Å². The summed E-state index contributed by atoms with van der Waals surface area (Å²) in [7, 11) is 0. The fourth-order valence-electron chi connectivity index (χ4n) is 3.27. The van der Waals surface area contributed by atoms with Gasteiger partial charge in [0.1, 0.15) is 19.0 Å². The Kier molecular flexibility index (Phi) is 4.66. The number of aromatic amines is 1. The molecule has 2 aromatic carbocycles. The lowest BCUT2D eigenvalue weighted by atomic mass is 10.1. The summed E-state index contributed by atoms with van der Waals surface area (Å²) in [5.41, 5.74) is 3.28. The lowest BCUT2D eigenvalue weighted by Gasteiger charge is -2.20. The Morgan fingerprint density at radius 2 is 2.07 bits per heavy atom. The zero-order valence-electron chi connectivity index (χ0n) is 14.7. The van der Waals surface area contributed by atoms with Crippen LogP contribution in [0, 0.1) is 12.7 Å². The quantitative estimate of drug-likeness (QED) is 0.712. The number of aryl methyl sites for hydroxylation is 1. The molecule has 1 aliphatic rings. The van der Waals surface area contributed by atoms with E-state index in [0.29, 0.717) is 36.3 Å². The highest BCUT2D eigenvalue weighted by atomic mass is 35.5. The van der Waals surface area contributed by atoms with Crippen LogP contribution in [0.1, 0.15) is 16.8 Å². The molecule has 140 valence electrons. The van der Waals surface area contributed by atoms with Crippen molar-refractivity contribution in [3.05, 3.63) is 58.0 Å². The molecule has 0 radical (unpaired) electrons. The number of carbonyl (C=O) groups excluding carboxylic acids is 1. The summed E-state index contributed by atoms with van der Waals surface area (Å²) >= 11 is 6.22. The Hall–Kier alpha value is -2.73. The predicted octanol–water partition coefficient (Wildman–Crippen LogP) is 3.90. The van der Waals surface area contributed by atoms with E-state index in [1.54, 1.807) is 12.1 Å². The van der Waals surface area contributed by atoms with Crippen molar-refractivity contribution in [2.75, 3.05) is 13.2 Å². The van der Waals surface area contributed by atoms with Crippen LogP contribution >= 0.6 is 11.6 Å². The Morgan fingerprint density at radius 1 is 1.26 bits per heavy atom. The lowest BCUT2D eigenvalue weighted by Crippen LogP contribution is -2.25. The summed E-state index contributed by atoms with van der Waals surface area (Å²) in [5, 5.41) is 4.06. The number of aromatic nitrogens is 1. The average molecular weight is 389 g/mol. The van der Waals surface area contributed by atoms with Crippen molar-refractivity contribution in [3.8, 4) is 11.5 Å². The number of hydrogen-bond donors (Lipinski definition) is 2. The normalized spacial score (nSPS) is 13.0. The van der Waals surface area contributed by atoms with Crippen molar-refractivity contribution in [2.24, 2.45) is 0 Å². The molecule has 5 nitrogen and oxygen atoms in total. The molecule has 2 heterocycles. The second-order valence-electron chi connectivity index (χ2n) is 6.47. The number of rotatable bonds is 4. The number of carbonyl (C=O) groups is 1. The van der Waals surface area contributed by atoms with Crippen molar-refractivity contribution in [3.63, 3.8) is 0 Å². The number of ether oxygens (including phenoxy) is 2. The largest absolute Gasteiger partial charge is 0.486 e. The van der Waals surface area contributed by atoms with Crippen LogP contribution in [0.15, 0.2) is 30.3 Å². The lowest BCUT2D eigenvalue weighted by molar-refractivity contribution is -0.120. The number of hydrogen-bond acceptors (Lipinski definition) is 3. The molecule has 0 unspecified atom stereocenters. The Labute approximate surface area is 160 Å². The van der Waals surface area contributed by atoms with Gasteiger partial charge in [-0.25, -0.2) is 4.39 Å². The van der Waals surface area contributed by atoms with Gasteiger partial charge in [0.05, 0.1) is 11.4 Å². The monoisotopic (exact) mass is 388 g/mol. The van der Waals surface area contributed by atoms with Crippen molar-refractivity contribution < 1.29 is 18.7 Å². The minimum atomic E-state index is -0.325. The highest BCUT2D eigenvalue weighted by molar-refractivity contribution is 6.32. The van der Waals surface area contributed by atoms with E-state index in [-0.39, 0.29) is 18.1 Å². The summed E-state index contributed by atoms with van der Waals surface area (Å²) in [5.74, 6) is 0.638. The summed E-state index contributed by atoms with van der Waals surface area (Å²) in [6.07, 6.45) is 0.160.